The molecule has 0 aromatic heterocycles. The average Bonchev–Trinajstić information content (AvgIpc) is 2.18. The summed E-state index contributed by atoms with van der Waals surface area (Å²) in [6.45, 7) is 11.9. The molecule has 1 saturated heterocycles. The van der Waals surface area contributed by atoms with E-state index in [4.69, 9.17) is 0 Å². The summed E-state index contributed by atoms with van der Waals surface area (Å²) in [6, 6.07) is 0.660. The maximum absolute atomic E-state index is 9.53. The highest BCUT2D eigenvalue weighted by Crippen LogP contribution is 2.06. The van der Waals surface area contributed by atoms with Gasteiger partial charge in [0.05, 0.1) is 6.10 Å². The molecular weight excluding hydrogens is 176 g/mol. The Morgan fingerprint density at radius 3 is 2.14 bits per heavy atom. The van der Waals surface area contributed by atoms with E-state index in [9.17, 15) is 5.11 Å². The Kier molecular flexibility index (Phi) is 4.85. The van der Waals surface area contributed by atoms with Crippen molar-refractivity contribution in [1.29, 1.82) is 0 Å². The molecule has 1 rings (SSSR count). The fraction of sp³-hybridized carbons (Fsp3) is 1.00. The summed E-state index contributed by atoms with van der Waals surface area (Å²) < 4.78 is 0. The molecule has 1 N–H and O–H groups in total. The second-order valence-electron chi connectivity index (χ2n) is 4.49. The maximum Gasteiger partial charge on any atom is 0.0664 e. The van der Waals surface area contributed by atoms with Gasteiger partial charge in [-0.15, -0.1) is 0 Å². The van der Waals surface area contributed by atoms with Gasteiger partial charge in [-0.2, -0.15) is 0 Å². The van der Waals surface area contributed by atoms with Crippen LogP contribution in [0.4, 0.5) is 0 Å². The van der Waals surface area contributed by atoms with Crippen LogP contribution in [-0.4, -0.2) is 59.8 Å². The van der Waals surface area contributed by atoms with Crippen LogP contribution in [0.2, 0.25) is 0 Å². The van der Waals surface area contributed by atoms with Crippen molar-refractivity contribution in [2.45, 2.75) is 39.3 Å². The molecule has 3 heteroatoms. The third-order valence-electron chi connectivity index (χ3n) is 3.08. The fourth-order valence-electron chi connectivity index (χ4n) is 1.89. The van der Waals surface area contributed by atoms with E-state index in [1.807, 2.05) is 6.92 Å². The molecule has 3 nitrogen and oxygen atoms in total. The van der Waals surface area contributed by atoms with Crippen molar-refractivity contribution in [2.24, 2.45) is 0 Å². The third-order valence-corrected chi connectivity index (χ3v) is 3.08. The van der Waals surface area contributed by atoms with Crippen LogP contribution in [0.15, 0.2) is 0 Å². The zero-order valence-corrected chi connectivity index (χ0v) is 9.74. The van der Waals surface area contributed by atoms with Crippen molar-refractivity contribution < 1.29 is 5.11 Å². The molecule has 1 atom stereocenters. The van der Waals surface area contributed by atoms with Gasteiger partial charge in [0.2, 0.25) is 0 Å². The minimum atomic E-state index is -0.138. The second kappa shape index (κ2) is 5.69. The van der Waals surface area contributed by atoms with E-state index in [-0.39, 0.29) is 6.10 Å². The molecule has 0 amide bonds. The molecular formula is C11H24N2O. The van der Waals surface area contributed by atoms with Crippen molar-refractivity contribution in [3.8, 4) is 0 Å². The van der Waals surface area contributed by atoms with E-state index in [1.54, 1.807) is 0 Å². The van der Waals surface area contributed by atoms with E-state index in [0.29, 0.717) is 6.04 Å². The van der Waals surface area contributed by atoms with Crippen LogP contribution in [0.3, 0.4) is 0 Å². The van der Waals surface area contributed by atoms with E-state index >= 15 is 0 Å². The minimum Gasteiger partial charge on any atom is -0.392 e. The number of aliphatic hydroxyl groups is 1. The molecule has 0 aromatic carbocycles. The number of piperazine rings is 1. The number of aliphatic hydroxyl groups excluding tert-OH is 1. The van der Waals surface area contributed by atoms with E-state index in [2.05, 4.69) is 23.6 Å². The number of hydrogen-bond acceptors (Lipinski definition) is 3. The first-order valence-corrected chi connectivity index (χ1v) is 5.78. The number of β-amino-alcohol motifs (C(OH)–C–C–N with tert-alkyl or cyclic N) is 1. The third kappa shape index (κ3) is 3.56. The van der Waals surface area contributed by atoms with Crippen molar-refractivity contribution in [2.75, 3.05) is 32.7 Å². The van der Waals surface area contributed by atoms with Gasteiger partial charge in [-0.1, -0.05) is 6.92 Å². The Balaban J connectivity index is 2.22. The summed E-state index contributed by atoms with van der Waals surface area (Å²) in [5.74, 6) is 0. The lowest BCUT2D eigenvalue weighted by atomic mass is 10.2. The summed E-state index contributed by atoms with van der Waals surface area (Å²) in [6.07, 6.45) is 0.727. The summed E-state index contributed by atoms with van der Waals surface area (Å²) in [5, 5.41) is 9.53. The highest BCUT2D eigenvalue weighted by molar-refractivity contribution is 4.75. The highest BCUT2D eigenvalue weighted by atomic mass is 16.3. The summed E-state index contributed by atoms with van der Waals surface area (Å²) in [5.41, 5.74) is 0. The molecule has 0 aliphatic carbocycles. The molecule has 1 unspecified atom stereocenters. The van der Waals surface area contributed by atoms with E-state index in [1.165, 1.54) is 0 Å². The number of rotatable bonds is 4. The Bertz CT molecular complexity index is 153. The summed E-state index contributed by atoms with van der Waals surface area (Å²) >= 11 is 0. The van der Waals surface area contributed by atoms with Crippen LogP contribution in [0.25, 0.3) is 0 Å². The Morgan fingerprint density at radius 2 is 1.71 bits per heavy atom. The summed E-state index contributed by atoms with van der Waals surface area (Å²) in [4.78, 5) is 4.86. The Morgan fingerprint density at radius 1 is 1.14 bits per heavy atom. The quantitative estimate of drug-likeness (QED) is 0.726. The van der Waals surface area contributed by atoms with Crippen LogP contribution < -0.4 is 0 Å². The van der Waals surface area contributed by atoms with Gasteiger partial charge < -0.3 is 5.11 Å². The minimum absolute atomic E-state index is 0.138. The van der Waals surface area contributed by atoms with E-state index < -0.39 is 0 Å². The SMILES string of the molecule is CCC(O)CN1CCN(C(C)C)CC1. The van der Waals surface area contributed by atoms with Gasteiger partial charge in [0.15, 0.2) is 0 Å². The standard InChI is InChI=1S/C11H24N2O/c1-4-11(14)9-12-5-7-13(8-6-12)10(2)3/h10-11,14H,4-9H2,1-3H3. The van der Waals surface area contributed by atoms with Gasteiger partial charge in [0, 0.05) is 38.8 Å². The van der Waals surface area contributed by atoms with Crippen molar-refractivity contribution >= 4 is 0 Å². The van der Waals surface area contributed by atoms with Gasteiger partial charge in [-0.05, 0) is 20.3 Å². The van der Waals surface area contributed by atoms with Crippen LogP contribution in [0.5, 0.6) is 0 Å². The van der Waals surface area contributed by atoms with Gasteiger partial charge in [0.1, 0.15) is 0 Å². The lowest BCUT2D eigenvalue weighted by molar-refractivity contribution is 0.0610. The molecule has 0 spiro atoms. The topological polar surface area (TPSA) is 26.7 Å². The molecule has 1 aliphatic heterocycles. The molecule has 1 aliphatic rings. The molecule has 0 bridgehead atoms. The maximum atomic E-state index is 9.53. The smallest absolute Gasteiger partial charge is 0.0664 e. The van der Waals surface area contributed by atoms with Gasteiger partial charge >= 0.3 is 0 Å². The zero-order valence-electron chi connectivity index (χ0n) is 9.74. The highest BCUT2D eigenvalue weighted by Gasteiger charge is 2.19. The number of nitrogens with zero attached hydrogens (tertiary/aromatic N) is 2. The van der Waals surface area contributed by atoms with Crippen LogP contribution >= 0.6 is 0 Å². The number of hydrogen-bond donors (Lipinski definition) is 1. The van der Waals surface area contributed by atoms with Crippen LogP contribution in [0.1, 0.15) is 27.2 Å². The second-order valence-corrected chi connectivity index (χ2v) is 4.49. The molecule has 84 valence electrons. The predicted octanol–water partition coefficient (Wildman–Crippen LogP) is 0.783. The summed E-state index contributed by atoms with van der Waals surface area (Å²) in [7, 11) is 0. The average molecular weight is 200 g/mol. The largest absolute Gasteiger partial charge is 0.392 e. The molecule has 0 saturated carbocycles. The predicted molar refractivity (Wildman–Crippen MR) is 59.4 cm³/mol. The normalized spacial score (nSPS) is 22.9. The molecule has 14 heavy (non-hydrogen) atoms. The first kappa shape index (κ1) is 12.0. The zero-order chi connectivity index (χ0) is 10.6. The lowest BCUT2D eigenvalue weighted by Crippen LogP contribution is -2.50. The van der Waals surface area contributed by atoms with E-state index in [0.717, 1.165) is 39.1 Å². The monoisotopic (exact) mass is 200 g/mol. The lowest BCUT2D eigenvalue weighted by Gasteiger charge is -2.37. The molecule has 1 heterocycles. The molecule has 0 aromatic rings. The van der Waals surface area contributed by atoms with Crippen LogP contribution in [-0.2, 0) is 0 Å². The Labute approximate surface area is 87.7 Å². The first-order valence-electron chi connectivity index (χ1n) is 5.78. The van der Waals surface area contributed by atoms with Crippen molar-refractivity contribution in [3.63, 3.8) is 0 Å². The van der Waals surface area contributed by atoms with Crippen molar-refractivity contribution in [3.05, 3.63) is 0 Å². The van der Waals surface area contributed by atoms with Gasteiger partial charge in [-0.3, -0.25) is 9.80 Å². The van der Waals surface area contributed by atoms with Gasteiger partial charge in [-0.25, -0.2) is 0 Å². The van der Waals surface area contributed by atoms with Crippen molar-refractivity contribution in [1.82, 2.24) is 9.80 Å². The Hall–Kier alpha value is -0.120. The molecule has 0 radical (unpaired) electrons. The first-order chi connectivity index (χ1) is 6.63. The fourth-order valence-corrected chi connectivity index (χ4v) is 1.89. The molecule has 1 fully saturated rings. The van der Waals surface area contributed by atoms with Gasteiger partial charge in [0.25, 0.3) is 0 Å². The van der Waals surface area contributed by atoms with Crippen LogP contribution in [0, 0.1) is 0 Å².